The Labute approximate surface area is 137 Å². The Bertz CT molecular complexity index is 385. The Morgan fingerprint density at radius 1 is 1.20 bits per heavy atom. The zero-order valence-corrected chi connectivity index (χ0v) is 14.3. The highest BCUT2D eigenvalue weighted by atomic mass is 127. The molecule has 0 aromatic heterocycles. The second-order valence-corrected chi connectivity index (χ2v) is 4.15. The average Bonchev–Trinajstić information content (AvgIpc) is 2.43. The number of benzene rings is 1. The number of halogens is 2. The molecular weight excluding hydrogens is 372 g/mol. The van der Waals surface area contributed by atoms with Crippen LogP contribution in [0.3, 0.4) is 0 Å². The van der Waals surface area contributed by atoms with Crippen LogP contribution >= 0.6 is 24.0 Å². The first-order valence-corrected chi connectivity index (χ1v) is 6.44. The van der Waals surface area contributed by atoms with E-state index >= 15 is 0 Å². The van der Waals surface area contributed by atoms with Gasteiger partial charge in [-0.1, -0.05) is 12.1 Å². The molecule has 0 saturated heterocycles. The summed E-state index contributed by atoms with van der Waals surface area (Å²) in [5, 5.41) is 6.41. The lowest BCUT2D eigenvalue weighted by Crippen LogP contribution is -2.39. The number of rotatable bonds is 7. The maximum absolute atomic E-state index is 12.7. The summed E-state index contributed by atoms with van der Waals surface area (Å²) in [5.74, 6) is 0.575. The number of guanidine groups is 1. The fraction of sp³-hybridized carbons (Fsp3) is 0.500. The lowest BCUT2D eigenvalue weighted by molar-refractivity contribution is 0.195. The van der Waals surface area contributed by atoms with E-state index in [4.69, 9.17) is 4.74 Å². The van der Waals surface area contributed by atoms with Crippen molar-refractivity contribution in [1.29, 1.82) is 0 Å². The summed E-state index contributed by atoms with van der Waals surface area (Å²) in [7, 11) is 3.43. The number of nitrogens with one attached hydrogen (secondary N) is 2. The minimum Gasteiger partial charge on any atom is -0.385 e. The van der Waals surface area contributed by atoms with E-state index in [1.54, 1.807) is 26.3 Å². The molecule has 0 aliphatic heterocycles. The molecule has 1 aromatic rings. The summed E-state index contributed by atoms with van der Waals surface area (Å²) in [4.78, 5) is 4.12. The molecule has 0 aliphatic carbocycles. The monoisotopic (exact) mass is 395 g/mol. The first-order chi connectivity index (χ1) is 9.26. The van der Waals surface area contributed by atoms with Crippen molar-refractivity contribution in [2.75, 3.05) is 33.9 Å². The molecule has 0 fully saturated rings. The lowest BCUT2D eigenvalue weighted by atomic mass is 10.1. The zero-order valence-electron chi connectivity index (χ0n) is 12.0. The predicted molar refractivity (Wildman–Crippen MR) is 91.4 cm³/mol. The van der Waals surface area contributed by atoms with Gasteiger partial charge in [0.2, 0.25) is 0 Å². The highest BCUT2D eigenvalue weighted by Gasteiger charge is 1.98. The topological polar surface area (TPSA) is 45.7 Å². The van der Waals surface area contributed by atoms with Gasteiger partial charge in [-0.3, -0.25) is 4.99 Å². The molecule has 0 unspecified atom stereocenters. The summed E-state index contributed by atoms with van der Waals surface area (Å²) < 4.78 is 17.7. The molecular formula is C14H23FIN3O. The van der Waals surface area contributed by atoms with Crippen molar-refractivity contribution in [3.05, 3.63) is 35.6 Å². The van der Waals surface area contributed by atoms with Gasteiger partial charge in [0, 0.05) is 33.9 Å². The molecule has 0 atom stereocenters. The SMILES string of the molecule is CN=C(NCCCOC)NCCc1ccc(F)cc1.I. The quantitative estimate of drug-likeness (QED) is 0.322. The smallest absolute Gasteiger partial charge is 0.190 e. The van der Waals surface area contributed by atoms with E-state index in [-0.39, 0.29) is 29.8 Å². The number of ether oxygens (including phenoxy) is 1. The summed E-state index contributed by atoms with van der Waals surface area (Å²) in [6, 6.07) is 6.55. The first-order valence-electron chi connectivity index (χ1n) is 6.44. The fourth-order valence-corrected chi connectivity index (χ4v) is 1.62. The molecule has 1 rings (SSSR count). The fourth-order valence-electron chi connectivity index (χ4n) is 1.62. The van der Waals surface area contributed by atoms with Gasteiger partial charge in [-0.05, 0) is 30.5 Å². The van der Waals surface area contributed by atoms with Crippen molar-refractivity contribution in [3.8, 4) is 0 Å². The predicted octanol–water partition coefficient (Wildman–Crippen LogP) is 2.19. The molecule has 0 saturated carbocycles. The number of hydrogen-bond acceptors (Lipinski definition) is 2. The number of methoxy groups -OCH3 is 1. The minimum absolute atomic E-state index is 0. The van der Waals surface area contributed by atoms with E-state index in [0.717, 1.165) is 44.1 Å². The highest BCUT2D eigenvalue weighted by Crippen LogP contribution is 2.02. The van der Waals surface area contributed by atoms with Gasteiger partial charge >= 0.3 is 0 Å². The largest absolute Gasteiger partial charge is 0.385 e. The third-order valence-corrected chi connectivity index (χ3v) is 2.66. The Kier molecular flexibility index (Phi) is 11.4. The van der Waals surface area contributed by atoms with Crippen LogP contribution in [-0.2, 0) is 11.2 Å². The molecule has 6 heteroatoms. The van der Waals surface area contributed by atoms with E-state index in [2.05, 4.69) is 15.6 Å². The first kappa shape index (κ1) is 19.1. The van der Waals surface area contributed by atoms with Crippen molar-refractivity contribution >= 4 is 29.9 Å². The molecule has 0 bridgehead atoms. The maximum atomic E-state index is 12.7. The summed E-state index contributed by atoms with van der Waals surface area (Å²) in [6.07, 6.45) is 1.77. The van der Waals surface area contributed by atoms with E-state index in [0.29, 0.717) is 0 Å². The minimum atomic E-state index is -0.202. The van der Waals surface area contributed by atoms with Gasteiger partial charge in [0.15, 0.2) is 5.96 Å². The molecule has 0 aliphatic rings. The van der Waals surface area contributed by atoms with Crippen molar-refractivity contribution in [3.63, 3.8) is 0 Å². The third-order valence-electron chi connectivity index (χ3n) is 2.66. The van der Waals surface area contributed by atoms with E-state index in [9.17, 15) is 4.39 Å². The molecule has 114 valence electrons. The van der Waals surface area contributed by atoms with Crippen LogP contribution in [0.15, 0.2) is 29.3 Å². The second-order valence-electron chi connectivity index (χ2n) is 4.15. The normalized spacial score (nSPS) is 10.8. The Balaban J connectivity index is 0.00000361. The van der Waals surface area contributed by atoms with Gasteiger partial charge in [-0.25, -0.2) is 4.39 Å². The Morgan fingerprint density at radius 2 is 1.85 bits per heavy atom. The van der Waals surface area contributed by atoms with Crippen LogP contribution in [0.2, 0.25) is 0 Å². The van der Waals surface area contributed by atoms with Crippen molar-refractivity contribution in [2.24, 2.45) is 4.99 Å². The summed E-state index contributed by atoms with van der Waals surface area (Å²) >= 11 is 0. The van der Waals surface area contributed by atoms with Gasteiger partial charge in [0.25, 0.3) is 0 Å². The van der Waals surface area contributed by atoms with Crippen molar-refractivity contribution in [2.45, 2.75) is 12.8 Å². The van der Waals surface area contributed by atoms with E-state index < -0.39 is 0 Å². The van der Waals surface area contributed by atoms with Crippen LogP contribution in [0, 0.1) is 5.82 Å². The van der Waals surface area contributed by atoms with Crippen LogP contribution in [0.5, 0.6) is 0 Å². The van der Waals surface area contributed by atoms with Crippen LogP contribution in [0.25, 0.3) is 0 Å². The zero-order chi connectivity index (χ0) is 13.9. The van der Waals surface area contributed by atoms with E-state index in [1.165, 1.54) is 12.1 Å². The van der Waals surface area contributed by atoms with Crippen molar-refractivity contribution < 1.29 is 9.13 Å². The van der Waals surface area contributed by atoms with Gasteiger partial charge in [-0.2, -0.15) is 0 Å². The molecule has 1 aromatic carbocycles. The van der Waals surface area contributed by atoms with Crippen LogP contribution in [0.4, 0.5) is 4.39 Å². The standard InChI is InChI=1S/C14H22FN3O.HI/c1-16-14(17-9-3-11-19-2)18-10-8-12-4-6-13(15)7-5-12;/h4-7H,3,8-11H2,1-2H3,(H2,16,17,18);1H. The lowest BCUT2D eigenvalue weighted by Gasteiger charge is -2.11. The van der Waals surface area contributed by atoms with Crippen LogP contribution < -0.4 is 10.6 Å². The van der Waals surface area contributed by atoms with Crippen LogP contribution in [-0.4, -0.2) is 39.8 Å². The summed E-state index contributed by atoms with van der Waals surface area (Å²) in [6.45, 7) is 2.32. The Morgan fingerprint density at radius 3 is 2.45 bits per heavy atom. The van der Waals surface area contributed by atoms with Gasteiger partial charge in [0.1, 0.15) is 5.82 Å². The third kappa shape index (κ3) is 8.31. The number of hydrogen-bond donors (Lipinski definition) is 2. The molecule has 0 radical (unpaired) electrons. The van der Waals surface area contributed by atoms with Gasteiger partial charge < -0.3 is 15.4 Å². The van der Waals surface area contributed by atoms with Crippen LogP contribution in [0.1, 0.15) is 12.0 Å². The molecule has 0 spiro atoms. The highest BCUT2D eigenvalue weighted by molar-refractivity contribution is 14.0. The van der Waals surface area contributed by atoms with E-state index in [1.807, 2.05) is 0 Å². The number of aliphatic imine (C=N–C) groups is 1. The van der Waals surface area contributed by atoms with Gasteiger partial charge in [-0.15, -0.1) is 24.0 Å². The Hall–Kier alpha value is -0.890. The molecule has 20 heavy (non-hydrogen) atoms. The maximum Gasteiger partial charge on any atom is 0.190 e. The molecule has 0 heterocycles. The van der Waals surface area contributed by atoms with Crippen molar-refractivity contribution in [1.82, 2.24) is 10.6 Å². The molecule has 2 N–H and O–H groups in total. The summed E-state index contributed by atoms with van der Waals surface area (Å²) in [5.41, 5.74) is 1.10. The van der Waals surface area contributed by atoms with Gasteiger partial charge in [0.05, 0.1) is 0 Å². The average molecular weight is 395 g/mol. The second kappa shape index (κ2) is 11.9. The number of nitrogens with zero attached hydrogens (tertiary/aromatic N) is 1. The molecule has 4 nitrogen and oxygen atoms in total. The molecule has 0 amide bonds.